The summed E-state index contributed by atoms with van der Waals surface area (Å²) >= 11 is 0. The molecule has 0 bridgehead atoms. The lowest BCUT2D eigenvalue weighted by Gasteiger charge is -2.41. The molecule has 4 N–H and O–H groups in total. The zero-order valence-electron chi connectivity index (χ0n) is 39.7. The maximum absolute atomic E-state index is 14.4. The highest BCUT2D eigenvalue weighted by molar-refractivity contribution is 6.01. The Morgan fingerprint density at radius 2 is 1.67 bits per heavy atom. The van der Waals surface area contributed by atoms with E-state index in [1.807, 2.05) is 36.9 Å². The lowest BCUT2D eigenvalue weighted by Crippen LogP contribution is -2.50. The van der Waals surface area contributed by atoms with Crippen LogP contribution >= 0.6 is 0 Å². The average Bonchev–Trinajstić information content (AvgIpc) is 4.03. The van der Waals surface area contributed by atoms with E-state index in [0.717, 1.165) is 36.2 Å². The Morgan fingerprint density at radius 3 is 2.33 bits per heavy atom. The van der Waals surface area contributed by atoms with Crippen molar-refractivity contribution in [3.8, 4) is 28.6 Å². The number of nitriles is 1. The molecular weight excluding hydrogens is 901 g/mol. The van der Waals surface area contributed by atoms with Crippen molar-refractivity contribution in [2.45, 2.75) is 115 Å². The number of alkyl halides is 2. The quantitative estimate of drug-likeness (QED) is 0.103. The van der Waals surface area contributed by atoms with Gasteiger partial charge in [-0.15, -0.1) is 0 Å². The normalized spacial score (nSPS) is 19.6. The molecule has 9 rings (SSSR count). The van der Waals surface area contributed by atoms with Gasteiger partial charge in [-0.1, -0.05) is 6.92 Å². The number of rotatable bonds is 13. The summed E-state index contributed by atoms with van der Waals surface area (Å²) in [5.74, 6) is -0.0886. The monoisotopic (exact) mass is 959 g/mol. The summed E-state index contributed by atoms with van der Waals surface area (Å²) in [6.07, 6.45) is 10.3. The number of nitrogens with zero attached hydrogens (tertiary/aromatic N) is 10. The highest BCUT2D eigenvalue weighted by Crippen LogP contribution is 2.39. The van der Waals surface area contributed by atoms with Gasteiger partial charge in [0.25, 0.3) is 6.43 Å². The number of aromatic nitrogens is 6. The second-order valence-corrected chi connectivity index (χ2v) is 19.5. The second-order valence-electron chi connectivity index (χ2n) is 19.5. The van der Waals surface area contributed by atoms with Gasteiger partial charge in [0.2, 0.25) is 23.6 Å². The fourth-order valence-corrected chi connectivity index (χ4v) is 10.4. The standard InChI is InChI=1S/C50H59F2N13O5/c1-4-49(48(69)57-31(2)3)13-19-62(20-14-49)41-9-5-32(26-54-41)44-45-33(25-53)27-56-65(45)30-39(59-44)34-28-55-64(29-34)36-11-17-63(18-12-36)43(67)24-50(70)15-21-61(22-16-50)40-8-6-35(23-37(40)46(51)52)58-38-7-10-42(66)60-47(38)68/h5-6,8-9,23,26-31,36,38,46,58,70H,4,7,10-22,24H2,1-3H3,(H,57,69)(H,60,66,68). The summed E-state index contributed by atoms with van der Waals surface area (Å²) in [6, 6.07) is 10.1. The van der Waals surface area contributed by atoms with Crippen LogP contribution in [0.2, 0.25) is 0 Å². The first-order chi connectivity index (χ1) is 33.6. The molecule has 20 heteroatoms. The topological polar surface area (TPSA) is 219 Å². The van der Waals surface area contributed by atoms with Crippen LogP contribution in [0.4, 0.5) is 26.0 Å². The van der Waals surface area contributed by atoms with E-state index in [4.69, 9.17) is 15.1 Å². The van der Waals surface area contributed by atoms with Crippen molar-refractivity contribution in [2.75, 3.05) is 54.4 Å². The third kappa shape index (κ3) is 9.89. The van der Waals surface area contributed by atoms with Crippen molar-refractivity contribution < 1.29 is 33.1 Å². The van der Waals surface area contributed by atoms with Crippen molar-refractivity contribution in [1.82, 2.24) is 44.9 Å². The minimum atomic E-state index is -2.79. The van der Waals surface area contributed by atoms with Gasteiger partial charge in [0.15, 0.2) is 0 Å². The second kappa shape index (κ2) is 19.8. The molecule has 4 fully saturated rings. The van der Waals surface area contributed by atoms with Gasteiger partial charge in [-0.2, -0.15) is 15.5 Å². The summed E-state index contributed by atoms with van der Waals surface area (Å²) in [4.78, 5) is 66.2. The fraction of sp³-hybridized carbons (Fsp3) is 0.500. The van der Waals surface area contributed by atoms with Crippen LogP contribution in [0, 0.1) is 16.7 Å². The number of pyridine rings is 1. The van der Waals surface area contributed by atoms with Gasteiger partial charge in [-0.3, -0.25) is 29.2 Å². The van der Waals surface area contributed by atoms with Gasteiger partial charge in [0.05, 0.1) is 53.5 Å². The average molecular weight is 960 g/mol. The van der Waals surface area contributed by atoms with Gasteiger partial charge in [0, 0.05) is 92.2 Å². The Hall–Kier alpha value is -7.01. The maximum Gasteiger partial charge on any atom is 0.265 e. The number of imide groups is 1. The minimum Gasteiger partial charge on any atom is -0.389 e. The van der Waals surface area contributed by atoms with Crippen LogP contribution in [0.15, 0.2) is 61.3 Å². The molecule has 8 heterocycles. The minimum absolute atomic E-state index is 0.00969. The number of hydrogen-bond donors (Lipinski definition) is 4. The first-order valence-electron chi connectivity index (χ1n) is 24.3. The molecule has 0 aliphatic carbocycles. The molecule has 368 valence electrons. The number of piperidine rings is 4. The molecule has 4 amide bonds. The highest BCUT2D eigenvalue weighted by atomic mass is 19.3. The molecule has 4 aliphatic heterocycles. The van der Waals surface area contributed by atoms with Crippen molar-refractivity contribution >= 4 is 46.3 Å². The fourth-order valence-electron chi connectivity index (χ4n) is 10.4. The summed E-state index contributed by atoms with van der Waals surface area (Å²) in [5, 5.41) is 39.1. The van der Waals surface area contributed by atoms with Crippen LogP contribution in [0.3, 0.4) is 0 Å². The number of nitrogens with one attached hydrogen (secondary N) is 3. The number of aliphatic hydroxyl groups is 1. The van der Waals surface area contributed by atoms with E-state index in [-0.39, 0.29) is 80.6 Å². The van der Waals surface area contributed by atoms with Crippen molar-refractivity contribution in [3.05, 3.63) is 72.4 Å². The number of hydrogen-bond acceptors (Lipinski definition) is 13. The maximum atomic E-state index is 14.4. The Morgan fingerprint density at radius 1 is 0.929 bits per heavy atom. The Balaban J connectivity index is 0.806. The number of likely N-dealkylation sites (tertiary alicyclic amines) is 1. The zero-order valence-corrected chi connectivity index (χ0v) is 39.7. The number of anilines is 3. The van der Waals surface area contributed by atoms with Gasteiger partial charge >= 0.3 is 0 Å². The number of carbonyl (C=O) groups excluding carboxylic acids is 4. The van der Waals surface area contributed by atoms with Gasteiger partial charge in [0.1, 0.15) is 29.0 Å². The highest BCUT2D eigenvalue weighted by Gasteiger charge is 2.41. The van der Waals surface area contributed by atoms with Gasteiger partial charge in [-0.25, -0.2) is 23.3 Å². The summed E-state index contributed by atoms with van der Waals surface area (Å²) in [6.45, 7) is 8.96. The smallest absolute Gasteiger partial charge is 0.265 e. The molecule has 4 saturated heterocycles. The van der Waals surface area contributed by atoms with Crippen LogP contribution in [0.1, 0.15) is 109 Å². The van der Waals surface area contributed by atoms with Crippen molar-refractivity contribution in [3.63, 3.8) is 0 Å². The first-order valence-corrected chi connectivity index (χ1v) is 24.3. The molecule has 1 atom stereocenters. The molecule has 0 saturated carbocycles. The molecule has 4 aliphatic rings. The van der Waals surface area contributed by atoms with E-state index >= 15 is 0 Å². The molecule has 1 unspecified atom stereocenters. The zero-order chi connectivity index (χ0) is 49.3. The van der Waals surface area contributed by atoms with Gasteiger partial charge < -0.3 is 30.4 Å². The molecule has 1 aromatic carbocycles. The van der Waals surface area contributed by atoms with E-state index in [0.29, 0.717) is 72.9 Å². The molecule has 18 nitrogen and oxygen atoms in total. The van der Waals surface area contributed by atoms with E-state index in [1.54, 1.807) is 45.0 Å². The van der Waals surface area contributed by atoms with Crippen LogP contribution in [0.25, 0.3) is 28.0 Å². The third-order valence-electron chi connectivity index (χ3n) is 14.7. The van der Waals surface area contributed by atoms with Crippen molar-refractivity contribution in [2.24, 2.45) is 5.41 Å². The van der Waals surface area contributed by atoms with Gasteiger partial charge in [-0.05, 0) is 95.5 Å². The SMILES string of the molecule is CCC1(C(=O)NC(C)C)CCN(c2ccc(-c3nc(-c4cnn(C5CCN(C(=O)CC6(O)CCN(c7ccc(NC8CCC(=O)NC8=O)cc7C(F)F)CC6)CC5)c4)cn4ncc(C#N)c34)cn2)CC1. The summed E-state index contributed by atoms with van der Waals surface area (Å²) < 4.78 is 32.3. The first kappa shape index (κ1) is 48.0. The third-order valence-corrected chi connectivity index (χ3v) is 14.7. The number of benzene rings is 1. The van der Waals surface area contributed by atoms with E-state index in [9.17, 15) is 38.3 Å². The lowest BCUT2D eigenvalue weighted by molar-refractivity contribution is -0.139. The van der Waals surface area contributed by atoms with Crippen molar-refractivity contribution in [1.29, 1.82) is 5.26 Å². The van der Waals surface area contributed by atoms with Crippen LogP contribution < -0.4 is 25.8 Å². The number of amides is 4. The van der Waals surface area contributed by atoms with E-state index in [2.05, 4.69) is 38.9 Å². The van der Waals surface area contributed by atoms with Crippen LogP contribution in [-0.2, 0) is 19.2 Å². The largest absolute Gasteiger partial charge is 0.389 e. The molecule has 0 spiro atoms. The number of fused-ring (bicyclic) bond motifs is 1. The molecular formula is C50H59F2N13O5. The molecule has 0 radical (unpaired) electrons. The lowest BCUT2D eigenvalue weighted by atomic mass is 9.75. The number of halogens is 2. The predicted molar refractivity (Wildman–Crippen MR) is 257 cm³/mol. The Bertz CT molecular complexity index is 2800. The van der Waals surface area contributed by atoms with E-state index < -0.39 is 29.4 Å². The van der Waals surface area contributed by atoms with Crippen LogP contribution in [-0.4, -0.2) is 120 Å². The Labute approximate surface area is 404 Å². The molecule has 70 heavy (non-hydrogen) atoms. The van der Waals surface area contributed by atoms with Crippen LogP contribution in [0.5, 0.6) is 0 Å². The summed E-state index contributed by atoms with van der Waals surface area (Å²) in [5.41, 5.74) is 2.38. The molecule has 5 aromatic rings. The van der Waals surface area contributed by atoms with E-state index in [1.165, 1.54) is 12.3 Å². The summed E-state index contributed by atoms with van der Waals surface area (Å²) in [7, 11) is 0. The number of carbonyl (C=O) groups is 4. The Kier molecular flexibility index (Phi) is 13.6. The predicted octanol–water partition coefficient (Wildman–Crippen LogP) is 5.79. The molecule has 4 aromatic heterocycles.